The van der Waals surface area contributed by atoms with E-state index in [4.69, 9.17) is 24.1 Å². The molecule has 6 heteroatoms. The fraction of sp³-hybridized carbons (Fsp3) is 0.235. The first kappa shape index (κ1) is 16.5. The molecule has 0 fully saturated rings. The highest BCUT2D eigenvalue weighted by atomic mass is 16.5. The van der Waals surface area contributed by atoms with Crippen LogP contribution in [0.1, 0.15) is 10.4 Å². The Morgan fingerprint density at radius 2 is 1.43 bits per heavy atom. The van der Waals surface area contributed by atoms with Crippen LogP contribution in [0.3, 0.4) is 0 Å². The van der Waals surface area contributed by atoms with Crippen LogP contribution in [0, 0.1) is 0 Å². The second-order valence-electron chi connectivity index (χ2n) is 4.54. The van der Waals surface area contributed by atoms with Crippen molar-refractivity contribution in [1.82, 2.24) is 0 Å². The van der Waals surface area contributed by atoms with Crippen molar-refractivity contribution in [2.24, 2.45) is 0 Å². The first-order valence-electron chi connectivity index (χ1n) is 6.95. The molecule has 2 rings (SSSR count). The average molecular weight is 318 g/mol. The third kappa shape index (κ3) is 4.54. The molecule has 23 heavy (non-hydrogen) atoms. The Bertz CT molecular complexity index is 651. The molecule has 0 amide bonds. The lowest BCUT2D eigenvalue weighted by Gasteiger charge is -2.11. The molecule has 0 atom stereocenters. The van der Waals surface area contributed by atoms with Crippen LogP contribution in [0.5, 0.6) is 23.0 Å². The molecule has 2 aromatic carbocycles. The summed E-state index contributed by atoms with van der Waals surface area (Å²) < 4.78 is 21.2. The Balaban J connectivity index is 1.91. The Morgan fingerprint density at radius 3 is 2.04 bits per heavy atom. The van der Waals surface area contributed by atoms with Crippen LogP contribution in [0.15, 0.2) is 42.5 Å². The molecule has 0 saturated carbocycles. The van der Waals surface area contributed by atoms with Gasteiger partial charge in [-0.05, 0) is 36.4 Å². The SMILES string of the molecule is COc1ccc(OCCOc2cc(OC)ccc2C(=O)O)cc1. The van der Waals surface area contributed by atoms with Crippen LogP contribution in [-0.2, 0) is 0 Å². The Morgan fingerprint density at radius 1 is 0.870 bits per heavy atom. The number of methoxy groups -OCH3 is 2. The van der Waals surface area contributed by atoms with Crippen molar-refractivity contribution in [3.63, 3.8) is 0 Å². The lowest BCUT2D eigenvalue weighted by atomic mass is 10.2. The monoisotopic (exact) mass is 318 g/mol. The van der Waals surface area contributed by atoms with Crippen LogP contribution in [-0.4, -0.2) is 38.5 Å². The molecule has 0 aliphatic heterocycles. The molecule has 122 valence electrons. The van der Waals surface area contributed by atoms with E-state index < -0.39 is 5.97 Å². The minimum absolute atomic E-state index is 0.0789. The largest absolute Gasteiger partial charge is 0.497 e. The molecule has 0 heterocycles. The van der Waals surface area contributed by atoms with Crippen molar-refractivity contribution >= 4 is 5.97 Å². The molecule has 0 spiro atoms. The summed E-state index contributed by atoms with van der Waals surface area (Å²) in [5.74, 6) is 1.14. The third-order valence-corrected chi connectivity index (χ3v) is 3.09. The highest BCUT2D eigenvalue weighted by Crippen LogP contribution is 2.25. The van der Waals surface area contributed by atoms with Crippen molar-refractivity contribution in [3.05, 3.63) is 48.0 Å². The fourth-order valence-electron chi connectivity index (χ4n) is 1.91. The topological polar surface area (TPSA) is 74.2 Å². The van der Waals surface area contributed by atoms with Gasteiger partial charge in [0.25, 0.3) is 0 Å². The Kier molecular flexibility index (Phi) is 5.68. The summed E-state index contributed by atoms with van der Waals surface area (Å²) >= 11 is 0. The number of carboxylic acid groups (broad SMARTS) is 1. The maximum Gasteiger partial charge on any atom is 0.339 e. The number of ether oxygens (including phenoxy) is 4. The zero-order valence-electron chi connectivity index (χ0n) is 12.9. The van der Waals surface area contributed by atoms with Gasteiger partial charge in [-0.15, -0.1) is 0 Å². The van der Waals surface area contributed by atoms with Crippen molar-refractivity contribution < 1.29 is 28.8 Å². The molecule has 0 aromatic heterocycles. The minimum atomic E-state index is -1.06. The van der Waals surface area contributed by atoms with Gasteiger partial charge in [0.1, 0.15) is 41.8 Å². The predicted molar refractivity (Wildman–Crippen MR) is 83.9 cm³/mol. The van der Waals surface area contributed by atoms with E-state index in [-0.39, 0.29) is 24.5 Å². The number of hydrogen-bond acceptors (Lipinski definition) is 5. The fourth-order valence-corrected chi connectivity index (χ4v) is 1.91. The highest BCUT2D eigenvalue weighted by Gasteiger charge is 2.12. The van der Waals surface area contributed by atoms with Gasteiger partial charge in [-0.25, -0.2) is 4.79 Å². The predicted octanol–water partition coefficient (Wildman–Crippen LogP) is 2.86. The summed E-state index contributed by atoms with van der Waals surface area (Å²) in [7, 11) is 3.10. The van der Waals surface area contributed by atoms with E-state index in [0.717, 1.165) is 5.75 Å². The molecule has 1 N–H and O–H groups in total. The molecule has 0 aliphatic rings. The number of carbonyl (C=O) groups is 1. The van der Waals surface area contributed by atoms with Crippen LogP contribution in [0.4, 0.5) is 0 Å². The number of carboxylic acids is 1. The normalized spacial score (nSPS) is 10.0. The molecular weight excluding hydrogens is 300 g/mol. The molecule has 0 unspecified atom stereocenters. The summed E-state index contributed by atoms with van der Waals surface area (Å²) in [6.07, 6.45) is 0. The van der Waals surface area contributed by atoms with E-state index in [1.165, 1.54) is 19.2 Å². The molecule has 0 aliphatic carbocycles. The maximum atomic E-state index is 11.2. The number of rotatable bonds is 8. The zero-order valence-corrected chi connectivity index (χ0v) is 12.9. The molecular formula is C17H18O6. The zero-order chi connectivity index (χ0) is 16.7. The maximum absolute atomic E-state index is 11.2. The van der Waals surface area contributed by atoms with Gasteiger partial charge >= 0.3 is 5.97 Å². The second-order valence-corrected chi connectivity index (χ2v) is 4.54. The third-order valence-electron chi connectivity index (χ3n) is 3.09. The van der Waals surface area contributed by atoms with Crippen LogP contribution >= 0.6 is 0 Å². The van der Waals surface area contributed by atoms with Crippen molar-refractivity contribution in [3.8, 4) is 23.0 Å². The lowest BCUT2D eigenvalue weighted by molar-refractivity contribution is 0.0691. The summed E-state index contributed by atoms with van der Waals surface area (Å²) in [5.41, 5.74) is 0.0789. The van der Waals surface area contributed by atoms with Gasteiger partial charge in [-0.1, -0.05) is 0 Å². The van der Waals surface area contributed by atoms with E-state index in [2.05, 4.69) is 0 Å². The van der Waals surface area contributed by atoms with Gasteiger partial charge in [0.2, 0.25) is 0 Å². The molecule has 2 aromatic rings. The van der Waals surface area contributed by atoms with Crippen LogP contribution in [0.2, 0.25) is 0 Å². The highest BCUT2D eigenvalue weighted by molar-refractivity contribution is 5.91. The van der Waals surface area contributed by atoms with Gasteiger partial charge in [0.15, 0.2) is 0 Å². The molecule has 6 nitrogen and oxygen atoms in total. The Labute approximate surface area is 134 Å². The van der Waals surface area contributed by atoms with E-state index in [9.17, 15) is 4.79 Å². The van der Waals surface area contributed by atoms with Crippen molar-refractivity contribution in [2.45, 2.75) is 0 Å². The standard InChI is InChI=1S/C17H18O6/c1-20-12-3-5-13(6-4-12)22-9-10-23-16-11-14(21-2)7-8-15(16)17(18)19/h3-8,11H,9-10H2,1-2H3,(H,18,19). The van der Waals surface area contributed by atoms with Gasteiger partial charge in [0, 0.05) is 6.07 Å². The average Bonchev–Trinajstić information content (AvgIpc) is 2.58. The van der Waals surface area contributed by atoms with Crippen molar-refractivity contribution in [1.29, 1.82) is 0 Å². The number of aromatic carboxylic acids is 1. The van der Waals surface area contributed by atoms with Gasteiger partial charge in [-0.3, -0.25) is 0 Å². The summed E-state index contributed by atoms with van der Waals surface area (Å²) in [6.45, 7) is 0.488. The molecule has 0 bridgehead atoms. The van der Waals surface area contributed by atoms with Gasteiger partial charge in [-0.2, -0.15) is 0 Å². The van der Waals surface area contributed by atoms with Gasteiger partial charge in [0.05, 0.1) is 14.2 Å². The van der Waals surface area contributed by atoms with Crippen LogP contribution < -0.4 is 18.9 Å². The van der Waals surface area contributed by atoms with Gasteiger partial charge < -0.3 is 24.1 Å². The first-order chi connectivity index (χ1) is 11.1. The first-order valence-corrected chi connectivity index (χ1v) is 6.95. The summed E-state index contributed by atoms with van der Waals surface area (Å²) in [5, 5.41) is 9.15. The van der Waals surface area contributed by atoms with Crippen LogP contribution in [0.25, 0.3) is 0 Å². The summed E-state index contributed by atoms with van der Waals surface area (Å²) in [4.78, 5) is 11.2. The number of benzene rings is 2. The molecule has 0 saturated heterocycles. The minimum Gasteiger partial charge on any atom is -0.497 e. The van der Waals surface area contributed by atoms with E-state index in [1.807, 2.05) is 0 Å². The summed E-state index contributed by atoms with van der Waals surface area (Å²) in [6, 6.07) is 11.7. The number of hydrogen-bond donors (Lipinski definition) is 1. The quantitative estimate of drug-likeness (QED) is 0.754. The van der Waals surface area contributed by atoms with E-state index in [0.29, 0.717) is 11.5 Å². The van der Waals surface area contributed by atoms with E-state index in [1.54, 1.807) is 37.4 Å². The molecule has 0 radical (unpaired) electrons. The van der Waals surface area contributed by atoms with Crippen molar-refractivity contribution in [2.75, 3.05) is 27.4 Å². The Hall–Kier alpha value is -2.89. The lowest BCUT2D eigenvalue weighted by Crippen LogP contribution is -2.11. The van der Waals surface area contributed by atoms with E-state index >= 15 is 0 Å². The smallest absolute Gasteiger partial charge is 0.339 e. The second kappa shape index (κ2) is 7.93.